The number of ketones is 1. The van der Waals surface area contributed by atoms with Crippen molar-refractivity contribution in [2.24, 2.45) is 0 Å². The summed E-state index contributed by atoms with van der Waals surface area (Å²) in [6.07, 6.45) is 3.73. The molecule has 0 unspecified atom stereocenters. The van der Waals surface area contributed by atoms with Gasteiger partial charge in [0.1, 0.15) is 0 Å². The number of aromatic nitrogens is 1. The van der Waals surface area contributed by atoms with E-state index in [1.807, 2.05) is 31.3 Å². The van der Waals surface area contributed by atoms with Gasteiger partial charge in [-0.2, -0.15) is 0 Å². The molecule has 0 amide bonds. The second kappa shape index (κ2) is 9.73. The molecule has 0 fully saturated rings. The first-order chi connectivity index (χ1) is 14.5. The molecule has 158 valence electrons. The number of rotatable bonds is 9. The number of nitrogens with one attached hydrogen (secondary N) is 1. The van der Waals surface area contributed by atoms with E-state index in [4.69, 9.17) is 14.2 Å². The minimum absolute atomic E-state index is 0.0301. The average Bonchev–Trinajstić information content (AvgIpc) is 3.16. The number of fused-ring (bicyclic) bond motifs is 1. The fraction of sp³-hybridized carbons (Fsp3) is 0.261. The zero-order valence-electron chi connectivity index (χ0n) is 17.4. The molecule has 1 aromatic heterocycles. The average molecular weight is 428 g/mol. The highest BCUT2D eigenvalue weighted by molar-refractivity contribution is 8.04. The number of aliphatic hydroxyl groups excluding tert-OH is 1. The largest absolute Gasteiger partial charge is 0.493 e. The van der Waals surface area contributed by atoms with Gasteiger partial charge in [0.15, 0.2) is 17.3 Å². The molecule has 2 aromatic carbocycles. The number of allylic oxidation sites excluding steroid dienone is 1. The third kappa shape index (κ3) is 4.47. The standard InChI is InChI=1S/C23H25NO5S/c1-14-5-6-17-16(13-24-18(17)9-14)12-21(30-8-7-25)22(26)15-10-19(27-2)23(29-4)20(11-15)28-3/h5-6,9-13,24-25H,7-8H2,1-4H3/b21-12+. The van der Waals surface area contributed by atoms with Crippen LogP contribution in [0.15, 0.2) is 41.4 Å². The third-order valence-corrected chi connectivity index (χ3v) is 5.66. The molecule has 1 heterocycles. The van der Waals surface area contributed by atoms with Gasteiger partial charge in [-0.25, -0.2) is 0 Å². The molecule has 0 atom stereocenters. The van der Waals surface area contributed by atoms with Gasteiger partial charge in [-0.05, 0) is 36.8 Å². The van der Waals surface area contributed by atoms with Crippen molar-refractivity contribution in [3.8, 4) is 17.2 Å². The molecule has 0 aliphatic heterocycles. The summed E-state index contributed by atoms with van der Waals surface area (Å²) in [6, 6.07) is 9.40. The molecule has 7 heteroatoms. The van der Waals surface area contributed by atoms with Crippen LogP contribution in [0.3, 0.4) is 0 Å². The molecule has 0 spiro atoms. The number of thioether (sulfide) groups is 1. The van der Waals surface area contributed by atoms with Gasteiger partial charge < -0.3 is 24.3 Å². The Kier molecular flexibility index (Phi) is 7.07. The first-order valence-corrected chi connectivity index (χ1v) is 10.4. The lowest BCUT2D eigenvalue weighted by Gasteiger charge is -2.14. The van der Waals surface area contributed by atoms with Crippen molar-refractivity contribution >= 4 is 34.5 Å². The SMILES string of the molecule is COc1cc(C(=O)/C(=C\c2c[nH]c3cc(C)ccc23)SCCO)cc(OC)c1OC. The summed E-state index contributed by atoms with van der Waals surface area (Å²) in [4.78, 5) is 17.1. The monoisotopic (exact) mass is 427 g/mol. The van der Waals surface area contributed by atoms with E-state index in [1.54, 1.807) is 12.1 Å². The van der Waals surface area contributed by atoms with Gasteiger partial charge in [0.2, 0.25) is 5.75 Å². The predicted octanol–water partition coefficient (Wildman–Crippen LogP) is 4.45. The lowest BCUT2D eigenvalue weighted by atomic mass is 10.1. The van der Waals surface area contributed by atoms with E-state index in [-0.39, 0.29) is 12.4 Å². The number of Topliss-reactive ketones (excluding diaryl/α,β-unsaturated/α-hetero) is 1. The highest BCUT2D eigenvalue weighted by Gasteiger charge is 2.20. The Morgan fingerprint density at radius 3 is 2.40 bits per heavy atom. The Morgan fingerprint density at radius 1 is 1.10 bits per heavy atom. The Balaban J connectivity index is 2.07. The van der Waals surface area contributed by atoms with Crippen LogP contribution in [0.2, 0.25) is 0 Å². The van der Waals surface area contributed by atoms with Crippen LogP contribution < -0.4 is 14.2 Å². The summed E-state index contributed by atoms with van der Waals surface area (Å²) in [7, 11) is 4.54. The number of ether oxygens (including phenoxy) is 3. The van der Waals surface area contributed by atoms with Crippen LogP contribution in [0, 0.1) is 6.92 Å². The second-order valence-corrected chi connectivity index (χ2v) is 7.75. The number of hydrogen-bond acceptors (Lipinski definition) is 6. The number of aromatic amines is 1. The summed E-state index contributed by atoms with van der Waals surface area (Å²) < 4.78 is 16.1. The highest BCUT2D eigenvalue weighted by atomic mass is 32.2. The summed E-state index contributed by atoms with van der Waals surface area (Å²) in [5.74, 6) is 1.47. The minimum atomic E-state index is -0.186. The number of methoxy groups -OCH3 is 3. The molecule has 0 saturated carbocycles. The molecular formula is C23H25NO5S. The van der Waals surface area contributed by atoms with E-state index < -0.39 is 0 Å². The number of carbonyl (C=O) groups excluding carboxylic acids is 1. The zero-order valence-corrected chi connectivity index (χ0v) is 18.3. The second-order valence-electron chi connectivity index (χ2n) is 6.62. The van der Waals surface area contributed by atoms with E-state index in [0.717, 1.165) is 22.0 Å². The van der Waals surface area contributed by atoms with Gasteiger partial charge in [-0.15, -0.1) is 11.8 Å². The Labute approximate surface area is 179 Å². The van der Waals surface area contributed by atoms with Gasteiger partial charge in [0, 0.05) is 34.0 Å². The summed E-state index contributed by atoms with van der Waals surface area (Å²) in [5.41, 5.74) is 3.49. The maximum Gasteiger partial charge on any atom is 0.203 e. The molecule has 3 aromatic rings. The molecule has 3 rings (SSSR count). The molecule has 0 saturated heterocycles. The molecule has 2 N–H and O–H groups in total. The van der Waals surface area contributed by atoms with Crippen molar-refractivity contribution in [3.05, 3.63) is 58.1 Å². The Morgan fingerprint density at radius 2 is 1.80 bits per heavy atom. The predicted molar refractivity (Wildman–Crippen MR) is 121 cm³/mol. The van der Waals surface area contributed by atoms with Crippen molar-refractivity contribution in [3.63, 3.8) is 0 Å². The summed E-state index contributed by atoms with van der Waals surface area (Å²) in [5, 5.41) is 10.3. The van der Waals surface area contributed by atoms with Crippen molar-refractivity contribution < 1.29 is 24.1 Å². The first-order valence-electron chi connectivity index (χ1n) is 9.40. The lowest BCUT2D eigenvalue weighted by molar-refractivity contribution is 0.104. The molecular weight excluding hydrogens is 402 g/mol. The van der Waals surface area contributed by atoms with Crippen molar-refractivity contribution in [2.45, 2.75) is 6.92 Å². The minimum Gasteiger partial charge on any atom is -0.493 e. The van der Waals surface area contributed by atoms with Crippen LogP contribution in [0.4, 0.5) is 0 Å². The third-order valence-electron chi connectivity index (χ3n) is 4.66. The highest BCUT2D eigenvalue weighted by Crippen LogP contribution is 2.39. The maximum atomic E-state index is 13.4. The summed E-state index contributed by atoms with van der Waals surface area (Å²) >= 11 is 1.31. The normalized spacial score (nSPS) is 11.6. The van der Waals surface area contributed by atoms with Gasteiger partial charge in [-0.1, -0.05) is 12.1 Å². The van der Waals surface area contributed by atoms with Gasteiger partial charge in [-0.3, -0.25) is 4.79 Å². The van der Waals surface area contributed by atoms with E-state index in [0.29, 0.717) is 33.5 Å². The van der Waals surface area contributed by atoms with Gasteiger partial charge in [0.05, 0.1) is 32.8 Å². The number of hydrogen-bond donors (Lipinski definition) is 2. The topological polar surface area (TPSA) is 80.8 Å². The molecule has 6 nitrogen and oxygen atoms in total. The number of carbonyl (C=O) groups is 1. The zero-order chi connectivity index (χ0) is 21.7. The van der Waals surface area contributed by atoms with E-state index in [1.165, 1.54) is 33.1 Å². The van der Waals surface area contributed by atoms with Gasteiger partial charge >= 0.3 is 0 Å². The van der Waals surface area contributed by atoms with Crippen LogP contribution in [0.5, 0.6) is 17.2 Å². The fourth-order valence-electron chi connectivity index (χ4n) is 3.21. The molecule has 30 heavy (non-hydrogen) atoms. The fourth-order valence-corrected chi connectivity index (χ4v) is 3.98. The van der Waals surface area contributed by atoms with E-state index >= 15 is 0 Å². The van der Waals surface area contributed by atoms with Crippen molar-refractivity contribution in [1.82, 2.24) is 4.98 Å². The lowest BCUT2D eigenvalue weighted by Crippen LogP contribution is -2.05. The quantitative estimate of drug-likeness (QED) is 0.388. The van der Waals surface area contributed by atoms with Crippen molar-refractivity contribution in [1.29, 1.82) is 0 Å². The van der Waals surface area contributed by atoms with Gasteiger partial charge in [0.25, 0.3) is 0 Å². The van der Waals surface area contributed by atoms with Crippen LogP contribution >= 0.6 is 11.8 Å². The molecule has 0 aliphatic carbocycles. The van der Waals surface area contributed by atoms with Crippen molar-refractivity contribution in [2.75, 3.05) is 33.7 Å². The Hall–Kier alpha value is -2.90. The first kappa shape index (κ1) is 21.8. The molecule has 0 aliphatic rings. The van der Waals surface area contributed by atoms with E-state index in [2.05, 4.69) is 11.1 Å². The number of H-pyrrole nitrogens is 1. The number of aryl methyl sites for hydroxylation is 1. The summed E-state index contributed by atoms with van der Waals surface area (Å²) in [6.45, 7) is 2.00. The number of aliphatic hydroxyl groups is 1. The van der Waals surface area contributed by atoms with Crippen LogP contribution in [-0.4, -0.2) is 49.6 Å². The van der Waals surface area contributed by atoms with Crippen LogP contribution in [0.1, 0.15) is 21.5 Å². The maximum absolute atomic E-state index is 13.4. The van der Waals surface area contributed by atoms with Crippen LogP contribution in [0.25, 0.3) is 17.0 Å². The number of benzene rings is 2. The Bertz CT molecular complexity index is 1060. The van der Waals surface area contributed by atoms with E-state index in [9.17, 15) is 9.90 Å². The molecule has 0 bridgehead atoms. The van der Waals surface area contributed by atoms with Crippen LogP contribution in [-0.2, 0) is 0 Å². The molecule has 0 radical (unpaired) electrons. The smallest absolute Gasteiger partial charge is 0.203 e.